The molecule has 5 aromatic rings. The lowest BCUT2D eigenvalue weighted by Gasteiger charge is -2.32. The summed E-state index contributed by atoms with van der Waals surface area (Å²) in [6.45, 7) is 23.6. The van der Waals surface area contributed by atoms with Crippen LogP contribution in [-0.4, -0.2) is 210 Å². The topological polar surface area (TPSA) is 229 Å². The van der Waals surface area contributed by atoms with Crippen LogP contribution in [0.3, 0.4) is 0 Å². The number of carbonyl (C=O) groups excluding carboxylic acids is 5. The maximum absolute atomic E-state index is 12.8. The highest BCUT2D eigenvalue weighted by Gasteiger charge is 2.52. The Morgan fingerprint density at radius 1 is 0.538 bits per heavy atom. The van der Waals surface area contributed by atoms with Crippen LogP contribution in [0.1, 0.15) is 103 Å². The van der Waals surface area contributed by atoms with E-state index in [2.05, 4.69) is 40.6 Å². The van der Waals surface area contributed by atoms with Gasteiger partial charge in [-0.3, -0.25) is 24.2 Å². The van der Waals surface area contributed by atoms with E-state index in [9.17, 15) is 50.3 Å². The van der Waals surface area contributed by atoms with Crippen molar-refractivity contribution in [1.29, 1.82) is 0 Å². The third kappa shape index (κ3) is 22.8. The second-order valence-electron chi connectivity index (χ2n) is 28.5. The summed E-state index contributed by atoms with van der Waals surface area (Å²) in [4.78, 5) is 86.1. The van der Waals surface area contributed by atoms with E-state index in [1.54, 1.807) is 40.1 Å². The lowest BCUT2D eigenvalue weighted by molar-refractivity contribution is -0.144. The maximum Gasteiger partial charge on any atom is 0.495 e. The van der Waals surface area contributed by atoms with Gasteiger partial charge in [0.25, 0.3) is 0 Å². The molecule has 9 saturated heterocycles. The Kier molecular flexibility index (Phi) is 27.7. The number of nitrogens with zero attached hydrogens (tertiary/aromatic N) is 10. The summed E-state index contributed by atoms with van der Waals surface area (Å²) in [7, 11) is -0.556. The van der Waals surface area contributed by atoms with Crippen LogP contribution in [0.2, 0.25) is 15.2 Å². The number of morpholine rings is 3. The molecule has 0 unspecified atom stereocenters. The fourth-order valence-corrected chi connectivity index (χ4v) is 14.1. The molecule has 9 fully saturated rings. The first kappa shape index (κ1) is 81.1. The molecule has 0 spiro atoms. The molecule has 0 saturated carbocycles. The van der Waals surface area contributed by atoms with Crippen molar-refractivity contribution in [2.75, 3.05) is 160 Å². The Labute approximate surface area is 629 Å². The molecule has 0 bridgehead atoms. The van der Waals surface area contributed by atoms with Crippen LogP contribution in [-0.2, 0) is 37.9 Å². The van der Waals surface area contributed by atoms with Gasteiger partial charge >= 0.3 is 31.5 Å². The first-order valence-electron chi connectivity index (χ1n) is 36.0. The fourth-order valence-electron chi connectivity index (χ4n) is 13.4. The first-order valence-corrected chi connectivity index (χ1v) is 37.2. The molecule has 2 atom stereocenters. The first-order chi connectivity index (χ1) is 50.3. The highest BCUT2D eigenvalue weighted by Crippen LogP contribution is 2.39. The average molecular weight is 1540 g/mol. The third-order valence-electron chi connectivity index (χ3n) is 19.9. The number of hydrogen-bond donors (Lipinski definition) is 3. The van der Waals surface area contributed by atoms with Crippen molar-refractivity contribution in [2.45, 2.75) is 129 Å². The van der Waals surface area contributed by atoms with E-state index >= 15 is 0 Å². The lowest BCUT2D eigenvalue weighted by Crippen LogP contribution is -2.41. The van der Waals surface area contributed by atoms with Crippen LogP contribution >= 0.6 is 34.8 Å². The minimum Gasteiger partial charge on any atom is -0.399 e. The van der Waals surface area contributed by atoms with E-state index in [4.69, 9.17) is 63.3 Å². The van der Waals surface area contributed by atoms with E-state index < -0.39 is 67.4 Å². The monoisotopic (exact) mass is 1540 g/mol. The number of amides is 7. The van der Waals surface area contributed by atoms with Gasteiger partial charge < -0.3 is 64.0 Å². The Morgan fingerprint density at radius 2 is 0.962 bits per heavy atom. The van der Waals surface area contributed by atoms with Crippen LogP contribution in [0.5, 0.6) is 0 Å². The zero-order valence-electron chi connectivity index (χ0n) is 60.6. The standard InChI is InChI=1S/C27H32F3N5O3.C20H28BF3N2O3.C13H16ClN3O2.C9H10Cl2N2O.C4H7NO/c1-18-4-5-21(31-26(37)34-8-6-19(17-34)16-27(28,29)30)15-22(18)20-13-23(33-9-11-38-12-10-33)32-24(14-20)35-7-2-3-25(35)36;1-13-6-7-15(10-16(13)21-28-18(2,3)19(4,5)29-21)25-17(27)26-9-8-14(12-26)11-20(22,23)24;14-10-8-11(16-4-6-19-7-5-16)15-12(9-10)17-3-1-2-13(17)18;10-7-5-8(11)12-9(6-7)13-1-3-14-4-2-13;6-4-2-1-3-5-4/h4-5,13-15,19H,2-3,6-12,16-17H2,1H3,(H,31,37);6-7,10,14H,8-9,11-12H2,1-5H3,(H,25,27);8-9H,1-7H2;5-6H,1-4H2;1-3H2,(H,5,6)/t19-;14-;;;/m00.../s1. The summed E-state index contributed by atoms with van der Waals surface area (Å²) in [6, 6.07) is 21.1. The van der Waals surface area contributed by atoms with Crippen molar-refractivity contribution < 1.29 is 73.8 Å². The van der Waals surface area contributed by atoms with Crippen LogP contribution in [0.4, 0.5) is 76.4 Å². The van der Waals surface area contributed by atoms with E-state index in [0.29, 0.717) is 123 Å². The minimum atomic E-state index is -4.23. The predicted molar refractivity (Wildman–Crippen MR) is 398 cm³/mol. The molecule has 23 nitrogen and oxygen atoms in total. The zero-order valence-corrected chi connectivity index (χ0v) is 62.9. The number of pyridine rings is 3. The molecule has 0 radical (unpaired) electrons. The number of halogens is 9. The van der Waals surface area contributed by atoms with Crippen LogP contribution in [0.25, 0.3) is 11.1 Å². The van der Waals surface area contributed by atoms with Crippen molar-refractivity contribution in [2.24, 2.45) is 11.8 Å². The molecule has 12 heterocycles. The van der Waals surface area contributed by atoms with Crippen LogP contribution in [0, 0.1) is 25.7 Å². The molecule has 576 valence electrons. The second-order valence-corrected chi connectivity index (χ2v) is 29.7. The molecule has 9 aliphatic rings. The summed E-state index contributed by atoms with van der Waals surface area (Å²) >= 11 is 17.9. The number of rotatable bonds is 11. The van der Waals surface area contributed by atoms with Gasteiger partial charge in [-0.25, -0.2) is 24.5 Å². The molecule has 2 aromatic carbocycles. The maximum atomic E-state index is 12.8. The van der Waals surface area contributed by atoms with Gasteiger partial charge in [-0.1, -0.05) is 52.5 Å². The van der Waals surface area contributed by atoms with Crippen LogP contribution < -0.4 is 45.9 Å². The Hall–Kier alpha value is -7.45. The summed E-state index contributed by atoms with van der Waals surface area (Å²) < 4.78 is 104. The van der Waals surface area contributed by atoms with Gasteiger partial charge in [0, 0.05) is 139 Å². The molecule has 3 aromatic heterocycles. The summed E-state index contributed by atoms with van der Waals surface area (Å²) in [5.41, 5.74) is 4.67. The SMILES string of the molecule is Cc1ccc(NC(=O)N2CC[C@@H](CC(F)(F)F)C2)cc1-c1cc(N2CCOCC2)nc(N2CCCC2=O)c1.Cc1ccc(NC(=O)N2CC[C@@H](CC(F)(F)F)C2)cc1B1OC(C)(C)C(C)(C)O1.Clc1cc(Cl)nc(N2CCOCC2)c1.O=C1CCCN1.O=C1CCCN1c1cc(Cl)cc(N2CCOCC2)n1. The molecule has 33 heteroatoms. The van der Waals surface area contributed by atoms with Crippen LogP contribution in [0.15, 0.2) is 72.8 Å². The second kappa shape index (κ2) is 36.2. The average Bonchev–Trinajstić information content (AvgIpc) is 1.78. The summed E-state index contributed by atoms with van der Waals surface area (Å²) in [6.07, 6.45) is -4.92. The van der Waals surface area contributed by atoms with Gasteiger partial charge in [0.1, 0.15) is 34.2 Å². The van der Waals surface area contributed by atoms with E-state index in [1.165, 1.54) is 9.80 Å². The number of likely N-dealkylation sites (tertiary alicyclic amines) is 2. The number of urea groups is 2. The number of aryl methyl sites for hydroxylation is 2. The number of alkyl halides is 6. The van der Waals surface area contributed by atoms with Gasteiger partial charge in [0.05, 0.1) is 50.8 Å². The highest BCUT2D eigenvalue weighted by molar-refractivity contribution is 6.62. The highest BCUT2D eigenvalue weighted by atomic mass is 35.5. The van der Waals surface area contributed by atoms with Gasteiger partial charge in [-0.2, -0.15) is 26.3 Å². The van der Waals surface area contributed by atoms with Crippen molar-refractivity contribution in [1.82, 2.24) is 30.1 Å². The number of anilines is 7. The predicted octanol–water partition coefficient (Wildman–Crippen LogP) is 12.7. The van der Waals surface area contributed by atoms with Crippen molar-refractivity contribution in [3.8, 4) is 11.1 Å². The van der Waals surface area contributed by atoms with E-state index in [-0.39, 0.29) is 30.8 Å². The molecule has 106 heavy (non-hydrogen) atoms. The summed E-state index contributed by atoms with van der Waals surface area (Å²) in [5, 5.41) is 10.00. The molecule has 3 N–H and O–H groups in total. The Morgan fingerprint density at radius 3 is 1.39 bits per heavy atom. The van der Waals surface area contributed by atoms with Gasteiger partial charge in [-0.15, -0.1) is 0 Å². The summed E-state index contributed by atoms with van der Waals surface area (Å²) in [5.74, 6) is 2.95. The molecule has 0 aliphatic carbocycles. The van der Waals surface area contributed by atoms with Crippen molar-refractivity contribution in [3.05, 3.63) is 99.1 Å². The lowest BCUT2D eigenvalue weighted by atomic mass is 9.76. The van der Waals surface area contributed by atoms with E-state index in [1.807, 2.05) is 84.0 Å². The number of carbonyl (C=O) groups is 5. The molecule has 7 amide bonds. The third-order valence-corrected chi connectivity index (χ3v) is 20.6. The van der Waals surface area contributed by atoms with Gasteiger partial charge in [0.2, 0.25) is 17.7 Å². The Balaban J connectivity index is 0.000000155. The largest absolute Gasteiger partial charge is 0.495 e. The number of ether oxygens (including phenoxy) is 3. The fraction of sp³-hybridized carbons (Fsp3) is 0.562. The van der Waals surface area contributed by atoms with Crippen molar-refractivity contribution >= 4 is 118 Å². The van der Waals surface area contributed by atoms with E-state index in [0.717, 1.165) is 123 Å². The minimum absolute atomic E-state index is 0.0507. The number of nitrogens with one attached hydrogen (secondary N) is 3. The molecular formula is C73H93BCl3F6N13O10. The Bertz CT molecular complexity index is 3850. The molecule has 14 rings (SSSR count). The normalized spacial score (nSPS) is 20.8. The number of hydrogen-bond acceptors (Lipinski definition) is 16. The van der Waals surface area contributed by atoms with Gasteiger partial charge in [0.15, 0.2) is 0 Å². The van der Waals surface area contributed by atoms with Crippen molar-refractivity contribution in [3.63, 3.8) is 0 Å². The quantitative estimate of drug-likeness (QED) is 0.0634. The van der Waals surface area contributed by atoms with Gasteiger partial charge in [-0.05, 0) is 168 Å². The molecule has 9 aliphatic heterocycles. The number of aromatic nitrogens is 3. The zero-order chi connectivity index (χ0) is 76.1. The smallest absolute Gasteiger partial charge is 0.399 e. The molecular weight excluding hydrogens is 1450 g/mol. The number of benzene rings is 2.